The number of rotatable bonds is 7. The van der Waals surface area contributed by atoms with E-state index in [1.165, 1.54) is 12.3 Å². The molecule has 1 rings (SSSR count). The average molecular weight is 312 g/mol. The van der Waals surface area contributed by atoms with Crippen molar-refractivity contribution in [3.05, 3.63) is 29.6 Å². The molecule has 1 aromatic heterocycles. The standard InChI is InChI=1S/C12H14BrN3O2/c13-4-7-18-6-1-5-15-12(17)11-3-2-10(8-14)9-16-11/h2-3,9H,1,4-7H2,(H,15,17). The molecule has 6 heteroatoms. The first-order chi connectivity index (χ1) is 8.77. The Labute approximate surface area is 114 Å². The summed E-state index contributed by atoms with van der Waals surface area (Å²) in [5, 5.41) is 12.2. The zero-order chi connectivity index (χ0) is 13.2. The summed E-state index contributed by atoms with van der Waals surface area (Å²) < 4.78 is 5.25. The Morgan fingerprint density at radius 1 is 1.50 bits per heavy atom. The van der Waals surface area contributed by atoms with E-state index < -0.39 is 0 Å². The minimum Gasteiger partial charge on any atom is -0.381 e. The van der Waals surface area contributed by atoms with Crippen molar-refractivity contribution < 1.29 is 9.53 Å². The van der Waals surface area contributed by atoms with Gasteiger partial charge in [-0.3, -0.25) is 4.79 Å². The van der Waals surface area contributed by atoms with Crippen LogP contribution in [0.1, 0.15) is 22.5 Å². The topological polar surface area (TPSA) is 75.0 Å². The van der Waals surface area contributed by atoms with Crippen LogP contribution in [0.4, 0.5) is 0 Å². The van der Waals surface area contributed by atoms with Gasteiger partial charge in [-0.2, -0.15) is 5.26 Å². The van der Waals surface area contributed by atoms with Crippen LogP contribution in [0.2, 0.25) is 0 Å². The summed E-state index contributed by atoms with van der Waals surface area (Å²) in [6.07, 6.45) is 2.14. The summed E-state index contributed by atoms with van der Waals surface area (Å²) in [7, 11) is 0. The molecule has 1 aromatic rings. The molecule has 0 radical (unpaired) electrons. The smallest absolute Gasteiger partial charge is 0.269 e. The molecule has 0 spiro atoms. The molecule has 0 bridgehead atoms. The number of amides is 1. The van der Waals surface area contributed by atoms with Gasteiger partial charge in [0, 0.05) is 24.7 Å². The third-order valence-corrected chi connectivity index (χ3v) is 2.42. The molecule has 0 aliphatic rings. The molecular formula is C12H14BrN3O2. The highest BCUT2D eigenvalue weighted by molar-refractivity contribution is 9.09. The molecule has 0 aliphatic heterocycles. The minimum atomic E-state index is -0.236. The molecule has 18 heavy (non-hydrogen) atoms. The summed E-state index contributed by atoms with van der Waals surface area (Å²) in [4.78, 5) is 15.5. The molecule has 1 amide bonds. The van der Waals surface area contributed by atoms with Gasteiger partial charge >= 0.3 is 0 Å². The quantitative estimate of drug-likeness (QED) is 0.611. The van der Waals surface area contributed by atoms with Crippen molar-refractivity contribution in [2.45, 2.75) is 6.42 Å². The molecule has 0 aliphatic carbocycles. The lowest BCUT2D eigenvalue weighted by Gasteiger charge is -2.05. The molecule has 1 N–H and O–H groups in total. The lowest BCUT2D eigenvalue weighted by Crippen LogP contribution is -2.26. The third-order valence-electron chi connectivity index (χ3n) is 2.10. The normalized spacial score (nSPS) is 9.78. The number of alkyl halides is 1. The number of nitrogens with one attached hydrogen (secondary N) is 1. The zero-order valence-electron chi connectivity index (χ0n) is 9.86. The summed E-state index contributed by atoms with van der Waals surface area (Å²) in [6.45, 7) is 1.83. The predicted molar refractivity (Wildman–Crippen MR) is 70.5 cm³/mol. The van der Waals surface area contributed by atoms with E-state index in [-0.39, 0.29) is 5.91 Å². The maximum absolute atomic E-state index is 11.6. The molecule has 0 saturated carbocycles. The number of ether oxygens (including phenoxy) is 1. The number of carbonyl (C=O) groups is 1. The first kappa shape index (κ1) is 14.6. The van der Waals surface area contributed by atoms with Crippen LogP contribution >= 0.6 is 15.9 Å². The molecule has 0 aromatic carbocycles. The molecule has 0 fully saturated rings. The van der Waals surface area contributed by atoms with Gasteiger partial charge in [-0.15, -0.1) is 0 Å². The van der Waals surface area contributed by atoms with Gasteiger partial charge in [-0.05, 0) is 18.6 Å². The van der Waals surface area contributed by atoms with Crippen molar-refractivity contribution in [1.29, 1.82) is 5.26 Å². The molecular weight excluding hydrogens is 298 g/mol. The number of halogens is 1. The van der Waals surface area contributed by atoms with E-state index in [0.29, 0.717) is 31.0 Å². The van der Waals surface area contributed by atoms with Crippen molar-refractivity contribution in [3.8, 4) is 6.07 Å². The van der Waals surface area contributed by atoms with Crippen molar-refractivity contribution in [3.63, 3.8) is 0 Å². The summed E-state index contributed by atoms with van der Waals surface area (Å²) in [5.41, 5.74) is 0.755. The van der Waals surface area contributed by atoms with Crippen LogP contribution in [0.25, 0.3) is 0 Å². The largest absolute Gasteiger partial charge is 0.381 e. The first-order valence-electron chi connectivity index (χ1n) is 5.56. The zero-order valence-corrected chi connectivity index (χ0v) is 11.4. The van der Waals surface area contributed by atoms with Gasteiger partial charge in [-0.25, -0.2) is 4.98 Å². The number of hydrogen-bond donors (Lipinski definition) is 1. The minimum absolute atomic E-state index is 0.236. The van der Waals surface area contributed by atoms with Crippen molar-refractivity contribution in [2.24, 2.45) is 0 Å². The fourth-order valence-corrected chi connectivity index (χ4v) is 1.45. The second kappa shape index (κ2) is 8.61. The Kier molecular flexibility index (Phi) is 6.99. The Morgan fingerprint density at radius 2 is 2.33 bits per heavy atom. The molecule has 1 heterocycles. The maximum Gasteiger partial charge on any atom is 0.269 e. The first-order valence-corrected chi connectivity index (χ1v) is 6.68. The third kappa shape index (κ3) is 5.25. The molecule has 0 unspecified atom stereocenters. The number of pyridine rings is 1. The van der Waals surface area contributed by atoms with Gasteiger partial charge in [0.25, 0.3) is 5.91 Å². The summed E-state index contributed by atoms with van der Waals surface area (Å²) in [5.74, 6) is -0.236. The highest BCUT2D eigenvalue weighted by Crippen LogP contribution is 1.98. The van der Waals surface area contributed by atoms with Crippen molar-refractivity contribution >= 4 is 21.8 Å². The van der Waals surface area contributed by atoms with Gasteiger partial charge in [0.1, 0.15) is 11.8 Å². The SMILES string of the molecule is N#Cc1ccc(C(=O)NCCCOCCBr)nc1. The van der Waals surface area contributed by atoms with E-state index in [1.54, 1.807) is 6.07 Å². The number of carbonyl (C=O) groups excluding carboxylic acids is 1. The fraction of sp³-hybridized carbons (Fsp3) is 0.417. The van der Waals surface area contributed by atoms with Gasteiger partial charge in [0.2, 0.25) is 0 Å². The van der Waals surface area contributed by atoms with Gasteiger partial charge in [0.15, 0.2) is 0 Å². The van der Waals surface area contributed by atoms with Crippen LogP contribution in [0.15, 0.2) is 18.3 Å². The van der Waals surface area contributed by atoms with E-state index in [4.69, 9.17) is 10.00 Å². The van der Waals surface area contributed by atoms with E-state index in [2.05, 4.69) is 26.2 Å². The van der Waals surface area contributed by atoms with Crippen LogP contribution in [0.3, 0.4) is 0 Å². The van der Waals surface area contributed by atoms with Crippen LogP contribution in [0.5, 0.6) is 0 Å². The Hall–Kier alpha value is -1.45. The van der Waals surface area contributed by atoms with Crippen LogP contribution in [-0.2, 0) is 4.74 Å². The molecule has 0 atom stereocenters. The molecule has 0 saturated heterocycles. The number of nitriles is 1. The van der Waals surface area contributed by atoms with Crippen LogP contribution in [-0.4, -0.2) is 36.0 Å². The Morgan fingerprint density at radius 3 is 2.94 bits per heavy atom. The van der Waals surface area contributed by atoms with E-state index in [9.17, 15) is 4.79 Å². The lowest BCUT2D eigenvalue weighted by atomic mass is 10.2. The van der Waals surface area contributed by atoms with Crippen LogP contribution in [0, 0.1) is 11.3 Å². The van der Waals surface area contributed by atoms with E-state index in [0.717, 1.165) is 11.8 Å². The van der Waals surface area contributed by atoms with Gasteiger partial charge in [-0.1, -0.05) is 15.9 Å². The van der Waals surface area contributed by atoms with Gasteiger partial charge < -0.3 is 10.1 Å². The fourth-order valence-electron chi connectivity index (χ4n) is 1.22. The highest BCUT2D eigenvalue weighted by atomic mass is 79.9. The van der Waals surface area contributed by atoms with Crippen molar-refractivity contribution in [1.82, 2.24) is 10.3 Å². The summed E-state index contributed by atoms with van der Waals surface area (Å²) in [6, 6.07) is 5.06. The average Bonchev–Trinajstić information content (AvgIpc) is 2.42. The summed E-state index contributed by atoms with van der Waals surface area (Å²) >= 11 is 3.26. The monoisotopic (exact) mass is 311 g/mol. The Bertz CT molecular complexity index is 414. The second-order valence-electron chi connectivity index (χ2n) is 3.45. The van der Waals surface area contributed by atoms with E-state index in [1.807, 2.05) is 6.07 Å². The highest BCUT2D eigenvalue weighted by Gasteiger charge is 2.05. The van der Waals surface area contributed by atoms with E-state index >= 15 is 0 Å². The molecule has 5 nitrogen and oxygen atoms in total. The van der Waals surface area contributed by atoms with Crippen molar-refractivity contribution in [2.75, 3.05) is 25.1 Å². The number of hydrogen-bond acceptors (Lipinski definition) is 4. The number of aromatic nitrogens is 1. The van der Waals surface area contributed by atoms with Gasteiger partial charge in [0.05, 0.1) is 12.2 Å². The van der Waals surface area contributed by atoms with Crippen LogP contribution < -0.4 is 5.32 Å². The number of nitrogens with zero attached hydrogens (tertiary/aromatic N) is 2. The lowest BCUT2D eigenvalue weighted by molar-refractivity contribution is 0.0940. The Balaban J connectivity index is 2.26. The predicted octanol–water partition coefficient (Wildman–Crippen LogP) is 1.48. The second-order valence-corrected chi connectivity index (χ2v) is 4.25. The maximum atomic E-state index is 11.6. The molecule has 96 valence electrons.